The zero-order chi connectivity index (χ0) is 15.7. The van der Waals surface area contributed by atoms with Crippen molar-refractivity contribution >= 4 is 41.2 Å². The van der Waals surface area contributed by atoms with Crippen LogP contribution in [0, 0.1) is 0 Å². The highest BCUT2D eigenvalue weighted by molar-refractivity contribution is 6.36. The van der Waals surface area contributed by atoms with Crippen molar-refractivity contribution in [3.8, 4) is 0 Å². The molecule has 1 saturated heterocycles. The number of aliphatic imine (C=N–C) groups is 2. The second kappa shape index (κ2) is 5.77. The molecule has 0 aromatic heterocycles. The summed E-state index contributed by atoms with van der Waals surface area (Å²) in [6.07, 6.45) is 4.87. The van der Waals surface area contributed by atoms with Gasteiger partial charge in [-0.2, -0.15) is 0 Å². The molecule has 118 valence electrons. The first-order chi connectivity index (χ1) is 11.2. The van der Waals surface area contributed by atoms with Crippen LogP contribution in [0.5, 0.6) is 0 Å². The molecule has 0 saturated carbocycles. The van der Waals surface area contributed by atoms with Crippen molar-refractivity contribution < 1.29 is 8.85 Å². The maximum atomic E-state index is 6.34. The lowest BCUT2D eigenvalue weighted by Gasteiger charge is -2.28. The third-order valence-corrected chi connectivity index (χ3v) is 4.18. The van der Waals surface area contributed by atoms with Crippen LogP contribution in [-0.2, 0) is 4.74 Å². The maximum Gasteiger partial charge on any atom is 0.300 e. The Kier molecular flexibility index (Phi) is 3.60. The Hall–Kier alpha value is -2.22. The molecule has 0 amide bonds. The number of quaternary nitrogens is 1. The number of rotatable bonds is 2. The van der Waals surface area contributed by atoms with Gasteiger partial charge in [0.2, 0.25) is 11.8 Å². The van der Waals surface area contributed by atoms with E-state index in [0.717, 1.165) is 32.0 Å². The van der Waals surface area contributed by atoms with Gasteiger partial charge in [0.25, 0.3) is 11.8 Å². The number of nitrogens with one attached hydrogen (secondary N) is 1. The van der Waals surface area contributed by atoms with Crippen molar-refractivity contribution in [3.63, 3.8) is 0 Å². The van der Waals surface area contributed by atoms with Crippen molar-refractivity contribution in [1.29, 1.82) is 0 Å². The van der Waals surface area contributed by atoms with Crippen LogP contribution in [0.2, 0.25) is 0 Å². The number of fused-ring (bicyclic) bond motifs is 1. The van der Waals surface area contributed by atoms with Gasteiger partial charge in [-0.05, 0) is 33.5 Å². The number of ether oxygens (including phenoxy) is 1. The number of anilines is 2. The van der Waals surface area contributed by atoms with Gasteiger partial charge < -0.3 is 15.0 Å². The molecule has 0 radical (unpaired) electrons. The maximum absolute atomic E-state index is 6.34. The highest BCUT2D eigenvalue weighted by atomic mass is 35.5. The Balaban J connectivity index is 1.48. The molecule has 1 N–H and O–H groups in total. The molecule has 1 aromatic carbocycles. The first-order valence-electron chi connectivity index (χ1n) is 7.41. The third kappa shape index (κ3) is 2.86. The normalized spacial score (nSPS) is 25.9. The van der Waals surface area contributed by atoms with Crippen molar-refractivity contribution in [2.45, 2.75) is 0 Å². The Labute approximate surface area is 138 Å². The summed E-state index contributed by atoms with van der Waals surface area (Å²) < 4.78 is 5.15. The molecule has 4 rings (SSSR count). The average molecular weight is 332 g/mol. The van der Waals surface area contributed by atoms with Crippen LogP contribution in [0.25, 0.3) is 0 Å². The zero-order valence-electron chi connectivity index (χ0n) is 12.4. The SMILES string of the molecule is Cl[N+]12C=CN=CC1=NC(Nc1ccc(N3CCOCC3)cc1)=N2. The van der Waals surface area contributed by atoms with E-state index in [2.05, 4.69) is 37.4 Å². The average Bonchev–Trinajstić information content (AvgIpc) is 2.92. The Morgan fingerprint density at radius 1 is 1.17 bits per heavy atom. The molecule has 1 atom stereocenters. The van der Waals surface area contributed by atoms with E-state index in [1.165, 1.54) is 5.69 Å². The topological polar surface area (TPSA) is 61.6 Å². The molecule has 0 spiro atoms. The van der Waals surface area contributed by atoms with Crippen LogP contribution in [0.3, 0.4) is 0 Å². The minimum Gasteiger partial charge on any atom is -0.378 e. The Morgan fingerprint density at radius 2 is 1.96 bits per heavy atom. The van der Waals surface area contributed by atoms with Gasteiger partial charge >= 0.3 is 0 Å². The number of amidine groups is 1. The lowest BCUT2D eigenvalue weighted by Crippen LogP contribution is -2.36. The lowest BCUT2D eigenvalue weighted by atomic mass is 10.2. The monoisotopic (exact) mass is 331 g/mol. The van der Waals surface area contributed by atoms with E-state index < -0.39 is 0 Å². The summed E-state index contributed by atoms with van der Waals surface area (Å²) in [5.41, 5.74) is 2.10. The van der Waals surface area contributed by atoms with E-state index in [4.69, 9.17) is 16.5 Å². The van der Waals surface area contributed by atoms with Gasteiger partial charge in [-0.1, -0.05) is 0 Å². The quantitative estimate of drug-likeness (QED) is 0.845. The largest absolute Gasteiger partial charge is 0.378 e. The Bertz CT molecular complexity index is 720. The summed E-state index contributed by atoms with van der Waals surface area (Å²) in [6, 6.07) is 8.17. The van der Waals surface area contributed by atoms with Crippen LogP contribution in [0.1, 0.15) is 0 Å². The number of morpholine rings is 1. The van der Waals surface area contributed by atoms with E-state index in [0.29, 0.717) is 11.8 Å². The minimum absolute atomic E-state index is 0.225. The predicted molar refractivity (Wildman–Crippen MR) is 91.7 cm³/mol. The van der Waals surface area contributed by atoms with Crippen LogP contribution < -0.4 is 10.2 Å². The van der Waals surface area contributed by atoms with E-state index in [-0.39, 0.29) is 4.11 Å². The summed E-state index contributed by atoms with van der Waals surface area (Å²) in [6.45, 7) is 3.40. The van der Waals surface area contributed by atoms with E-state index >= 15 is 0 Å². The van der Waals surface area contributed by atoms with Gasteiger partial charge in [0.05, 0.1) is 19.4 Å². The summed E-state index contributed by atoms with van der Waals surface area (Å²) in [7, 11) is 0. The second-order valence-corrected chi connectivity index (χ2v) is 5.86. The molecule has 3 aliphatic rings. The molecule has 7 nitrogen and oxygen atoms in total. The fraction of sp³-hybridized carbons (Fsp3) is 0.267. The van der Waals surface area contributed by atoms with Crippen LogP contribution in [0.15, 0.2) is 51.8 Å². The minimum atomic E-state index is -0.225. The molecule has 0 bridgehead atoms. The predicted octanol–water partition coefficient (Wildman–Crippen LogP) is 2.14. The van der Waals surface area contributed by atoms with Gasteiger partial charge in [0, 0.05) is 24.5 Å². The van der Waals surface area contributed by atoms with Gasteiger partial charge in [0.15, 0.2) is 6.20 Å². The van der Waals surface area contributed by atoms with E-state index in [1.807, 2.05) is 12.1 Å². The molecule has 0 aliphatic carbocycles. The highest BCUT2D eigenvalue weighted by Gasteiger charge is 2.39. The second-order valence-electron chi connectivity index (χ2n) is 5.34. The van der Waals surface area contributed by atoms with Gasteiger partial charge in [-0.15, -0.1) is 4.99 Å². The smallest absolute Gasteiger partial charge is 0.300 e. The molecule has 8 heteroatoms. The molecular weight excluding hydrogens is 316 g/mol. The fourth-order valence-corrected chi connectivity index (χ4v) is 2.81. The summed E-state index contributed by atoms with van der Waals surface area (Å²) in [4.78, 5) is 10.7. The number of guanidine groups is 1. The van der Waals surface area contributed by atoms with Crippen molar-refractivity contribution in [1.82, 2.24) is 0 Å². The summed E-state index contributed by atoms with van der Waals surface area (Å²) in [5.74, 6) is 1.04. The number of benzene rings is 1. The van der Waals surface area contributed by atoms with Gasteiger partial charge in [-0.3, -0.25) is 4.99 Å². The van der Waals surface area contributed by atoms with Crippen molar-refractivity contribution in [2.24, 2.45) is 15.1 Å². The molecule has 1 unspecified atom stereocenters. The van der Waals surface area contributed by atoms with Crippen molar-refractivity contribution in [2.75, 3.05) is 36.5 Å². The number of hydrogen-bond acceptors (Lipinski definition) is 6. The summed E-state index contributed by atoms with van der Waals surface area (Å²) in [5, 5.41) is 7.53. The Morgan fingerprint density at radius 3 is 2.70 bits per heavy atom. The van der Waals surface area contributed by atoms with E-state index in [9.17, 15) is 0 Å². The van der Waals surface area contributed by atoms with Crippen LogP contribution in [0.4, 0.5) is 11.4 Å². The van der Waals surface area contributed by atoms with Crippen LogP contribution >= 0.6 is 11.8 Å². The molecule has 3 heterocycles. The standard InChI is InChI=1S/C15H16ClN6O/c16-22-8-5-17-11-14(22)19-15(20-22)18-12-1-3-13(4-2-12)21-6-9-23-10-7-21/h1-5,8,11H,6-7,9-10H2,(H,18,20)/q+1. The fourth-order valence-electron chi connectivity index (χ4n) is 2.61. The zero-order valence-corrected chi connectivity index (χ0v) is 13.1. The van der Waals surface area contributed by atoms with Crippen LogP contribution in [-0.4, -0.2) is 48.4 Å². The molecule has 23 heavy (non-hydrogen) atoms. The van der Waals surface area contributed by atoms with Gasteiger partial charge in [0.1, 0.15) is 6.21 Å². The number of hydrogen-bond donors (Lipinski definition) is 1. The lowest BCUT2D eigenvalue weighted by molar-refractivity contribution is -0.659. The first-order valence-corrected chi connectivity index (χ1v) is 7.75. The molecule has 1 fully saturated rings. The third-order valence-electron chi connectivity index (χ3n) is 3.82. The molecule has 3 aliphatic heterocycles. The van der Waals surface area contributed by atoms with Crippen molar-refractivity contribution in [3.05, 3.63) is 36.7 Å². The number of halogens is 1. The first kappa shape index (κ1) is 14.4. The van der Waals surface area contributed by atoms with E-state index in [1.54, 1.807) is 18.6 Å². The molecule has 1 aromatic rings. The summed E-state index contributed by atoms with van der Waals surface area (Å²) >= 11 is 6.34. The number of nitrogens with zero attached hydrogens (tertiary/aromatic N) is 5. The highest BCUT2D eigenvalue weighted by Crippen LogP contribution is 2.25. The van der Waals surface area contributed by atoms with Gasteiger partial charge in [-0.25, -0.2) is 0 Å². The molecular formula is C15H16ClN6O+.